The van der Waals surface area contributed by atoms with Crippen LogP contribution in [0.4, 0.5) is 0 Å². The number of methoxy groups -OCH3 is 1. The molecule has 1 spiro atoms. The Labute approximate surface area is 179 Å². The maximum atomic E-state index is 12.9. The lowest BCUT2D eigenvalue weighted by atomic mass is 9.81. The minimum atomic E-state index is -0.155. The first-order valence-electron chi connectivity index (χ1n) is 10.8. The number of ether oxygens (including phenoxy) is 2. The van der Waals surface area contributed by atoms with Crippen LogP contribution in [0.15, 0.2) is 48.5 Å². The number of benzene rings is 2. The van der Waals surface area contributed by atoms with Crippen molar-refractivity contribution in [1.29, 1.82) is 0 Å². The summed E-state index contributed by atoms with van der Waals surface area (Å²) >= 11 is 0. The lowest BCUT2D eigenvalue weighted by Gasteiger charge is -2.43. The molecule has 1 aliphatic heterocycles. The number of hydrogen-bond acceptors (Lipinski definition) is 4. The molecule has 0 bridgehead atoms. The highest BCUT2D eigenvalue weighted by Crippen LogP contribution is 2.39. The lowest BCUT2D eigenvalue weighted by Crippen LogP contribution is -2.51. The van der Waals surface area contributed by atoms with Gasteiger partial charge in [0.25, 0.3) is 0 Å². The van der Waals surface area contributed by atoms with E-state index in [0.717, 1.165) is 55.8 Å². The molecular weight excluding hydrogens is 376 g/mol. The fourth-order valence-corrected chi connectivity index (χ4v) is 4.86. The SMILES string of the molecule is COc1ccc(CC(=O)N(C)C2CCC3(CC2)CN(C)Cc2ccccc2O3)cc1. The number of amides is 1. The van der Waals surface area contributed by atoms with Gasteiger partial charge in [0, 0.05) is 31.7 Å². The summed E-state index contributed by atoms with van der Waals surface area (Å²) in [5, 5.41) is 0. The number of fused-ring (bicyclic) bond motifs is 1. The fraction of sp³-hybridized carbons (Fsp3) is 0.480. The first-order valence-corrected chi connectivity index (χ1v) is 10.8. The molecule has 1 amide bonds. The molecule has 30 heavy (non-hydrogen) atoms. The monoisotopic (exact) mass is 408 g/mol. The Bertz CT molecular complexity index is 872. The van der Waals surface area contributed by atoms with Crippen molar-refractivity contribution in [3.8, 4) is 11.5 Å². The smallest absolute Gasteiger partial charge is 0.226 e. The molecule has 1 heterocycles. The summed E-state index contributed by atoms with van der Waals surface area (Å²) in [6.45, 7) is 1.85. The molecule has 4 rings (SSSR count). The van der Waals surface area contributed by atoms with E-state index in [1.807, 2.05) is 36.2 Å². The maximum Gasteiger partial charge on any atom is 0.226 e. The lowest BCUT2D eigenvalue weighted by molar-refractivity contribution is -0.133. The Morgan fingerprint density at radius 2 is 1.87 bits per heavy atom. The van der Waals surface area contributed by atoms with E-state index in [1.54, 1.807) is 7.11 Å². The van der Waals surface area contributed by atoms with E-state index in [4.69, 9.17) is 9.47 Å². The van der Waals surface area contributed by atoms with Crippen molar-refractivity contribution in [2.75, 3.05) is 27.7 Å². The molecule has 0 N–H and O–H groups in total. The quantitative estimate of drug-likeness (QED) is 0.769. The summed E-state index contributed by atoms with van der Waals surface area (Å²) in [6.07, 6.45) is 4.31. The Hall–Kier alpha value is -2.53. The van der Waals surface area contributed by atoms with Gasteiger partial charge in [-0.05, 0) is 56.5 Å². The van der Waals surface area contributed by atoms with Crippen molar-refractivity contribution < 1.29 is 14.3 Å². The van der Waals surface area contributed by atoms with Crippen molar-refractivity contribution in [3.63, 3.8) is 0 Å². The molecule has 0 unspecified atom stereocenters. The molecule has 1 aliphatic carbocycles. The molecule has 2 aromatic carbocycles. The van der Waals surface area contributed by atoms with Crippen LogP contribution in [0.25, 0.3) is 0 Å². The minimum absolute atomic E-state index is 0.155. The molecule has 0 atom stereocenters. The molecule has 2 aliphatic rings. The first kappa shape index (κ1) is 20.7. The van der Waals surface area contributed by atoms with E-state index in [9.17, 15) is 4.79 Å². The fourth-order valence-electron chi connectivity index (χ4n) is 4.86. The largest absolute Gasteiger partial charge is 0.497 e. The predicted octanol–water partition coefficient (Wildman–Crippen LogP) is 3.90. The van der Waals surface area contributed by atoms with E-state index in [0.29, 0.717) is 6.42 Å². The van der Waals surface area contributed by atoms with Gasteiger partial charge in [-0.3, -0.25) is 9.69 Å². The third kappa shape index (κ3) is 4.46. The van der Waals surface area contributed by atoms with Gasteiger partial charge in [0.05, 0.1) is 13.5 Å². The third-order valence-electron chi connectivity index (χ3n) is 6.62. The van der Waals surface area contributed by atoms with Crippen molar-refractivity contribution in [2.24, 2.45) is 0 Å². The summed E-state index contributed by atoms with van der Waals surface area (Å²) in [6, 6.07) is 16.4. The van der Waals surface area contributed by atoms with Crippen LogP contribution in [-0.4, -0.2) is 55.1 Å². The van der Waals surface area contributed by atoms with Crippen LogP contribution >= 0.6 is 0 Å². The van der Waals surface area contributed by atoms with E-state index >= 15 is 0 Å². The average Bonchev–Trinajstić information content (AvgIpc) is 2.89. The molecule has 1 fully saturated rings. The highest BCUT2D eigenvalue weighted by Gasteiger charge is 2.41. The van der Waals surface area contributed by atoms with E-state index in [1.165, 1.54) is 5.56 Å². The molecular formula is C25H32N2O3. The second kappa shape index (κ2) is 8.68. The molecule has 2 aromatic rings. The average molecular weight is 409 g/mol. The Morgan fingerprint density at radius 3 is 2.57 bits per heavy atom. The predicted molar refractivity (Wildman–Crippen MR) is 118 cm³/mol. The number of carbonyl (C=O) groups excluding carboxylic acids is 1. The van der Waals surface area contributed by atoms with E-state index < -0.39 is 0 Å². The highest BCUT2D eigenvalue weighted by atomic mass is 16.5. The van der Waals surface area contributed by atoms with Crippen molar-refractivity contribution in [1.82, 2.24) is 9.80 Å². The number of rotatable bonds is 4. The zero-order chi connectivity index (χ0) is 21.1. The summed E-state index contributed by atoms with van der Waals surface area (Å²) in [5.74, 6) is 2.00. The second-order valence-electron chi connectivity index (χ2n) is 8.83. The van der Waals surface area contributed by atoms with Gasteiger partial charge in [-0.1, -0.05) is 30.3 Å². The van der Waals surface area contributed by atoms with Gasteiger partial charge < -0.3 is 14.4 Å². The molecule has 0 saturated heterocycles. The molecule has 5 heteroatoms. The molecule has 160 valence electrons. The van der Waals surface area contributed by atoms with Gasteiger partial charge in [0.2, 0.25) is 5.91 Å². The van der Waals surface area contributed by atoms with Crippen LogP contribution in [0, 0.1) is 0 Å². The Balaban J connectivity index is 1.38. The normalized spacial score (nSPS) is 23.9. The third-order valence-corrected chi connectivity index (χ3v) is 6.62. The van der Waals surface area contributed by atoms with Gasteiger partial charge in [-0.25, -0.2) is 0 Å². The van der Waals surface area contributed by atoms with Crippen LogP contribution in [0.2, 0.25) is 0 Å². The number of nitrogens with zero attached hydrogens (tertiary/aromatic N) is 2. The highest BCUT2D eigenvalue weighted by molar-refractivity contribution is 5.78. The molecule has 0 aromatic heterocycles. The number of carbonyl (C=O) groups is 1. The number of para-hydroxylation sites is 1. The van der Waals surface area contributed by atoms with Crippen LogP contribution in [0.5, 0.6) is 11.5 Å². The summed E-state index contributed by atoms with van der Waals surface area (Å²) in [4.78, 5) is 17.2. The standard InChI is InChI=1S/C25H32N2O3/c1-26-17-20-6-4-5-7-23(20)30-25(18-26)14-12-21(13-15-25)27(2)24(28)16-19-8-10-22(29-3)11-9-19/h4-11,21H,12-18H2,1-3H3. The second-order valence-corrected chi connectivity index (χ2v) is 8.83. The van der Waals surface area contributed by atoms with Crippen LogP contribution in [-0.2, 0) is 17.8 Å². The van der Waals surface area contributed by atoms with Gasteiger partial charge in [-0.15, -0.1) is 0 Å². The zero-order valence-corrected chi connectivity index (χ0v) is 18.3. The summed E-state index contributed by atoms with van der Waals surface area (Å²) < 4.78 is 11.8. The van der Waals surface area contributed by atoms with Crippen LogP contribution in [0.1, 0.15) is 36.8 Å². The Morgan fingerprint density at radius 1 is 1.17 bits per heavy atom. The van der Waals surface area contributed by atoms with Gasteiger partial charge in [0.15, 0.2) is 0 Å². The number of hydrogen-bond donors (Lipinski definition) is 0. The van der Waals surface area contributed by atoms with Crippen molar-refractivity contribution in [2.45, 2.75) is 50.3 Å². The molecule has 0 radical (unpaired) electrons. The Kier molecular flexibility index (Phi) is 6.00. The molecule has 5 nitrogen and oxygen atoms in total. The number of likely N-dealkylation sites (N-methyl/N-ethyl adjacent to an activating group) is 2. The van der Waals surface area contributed by atoms with E-state index in [-0.39, 0.29) is 17.6 Å². The van der Waals surface area contributed by atoms with Gasteiger partial charge in [-0.2, -0.15) is 0 Å². The minimum Gasteiger partial charge on any atom is -0.497 e. The maximum absolute atomic E-state index is 12.9. The topological polar surface area (TPSA) is 42.0 Å². The van der Waals surface area contributed by atoms with Crippen molar-refractivity contribution >= 4 is 5.91 Å². The van der Waals surface area contributed by atoms with Crippen LogP contribution in [0.3, 0.4) is 0 Å². The van der Waals surface area contributed by atoms with Crippen LogP contribution < -0.4 is 9.47 Å². The van der Waals surface area contributed by atoms with Crippen molar-refractivity contribution in [3.05, 3.63) is 59.7 Å². The molecule has 1 saturated carbocycles. The van der Waals surface area contributed by atoms with E-state index in [2.05, 4.69) is 36.2 Å². The van der Waals surface area contributed by atoms with Gasteiger partial charge in [0.1, 0.15) is 17.1 Å². The summed E-state index contributed by atoms with van der Waals surface area (Å²) in [7, 11) is 5.77. The zero-order valence-electron chi connectivity index (χ0n) is 18.3. The summed E-state index contributed by atoms with van der Waals surface area (Å²) in [5.41, 5.74) is 2.12. The first-order chi connectivity index (χ1) is 14.5. The van der Waals surface area contributed by atoms with Gasteiger partial charge >= 0.3 is 0 Å².